The Morgan fingerprint density at radius 3 is 2.60 bits per heavy atom. The summed E-state index contributed by atoms with van der Waals surface area (Å²) in [5.41, 5.74) is 1.88. The van der Waals surface area contributed by atoms with E-state index in [9.17, 15) is 0 Å². The summed E-state index contributed by atoms with van der Waals surface area (Å²) >= 11 is 1.61. The van der Waals surface area contributed by atoms with Gasteiger partial charge in [-0.3, -0.25) is 0 Å². The molecule has 0 saturated carbocycles. The van der Waals surface area contributed by atoms with Crippen LogP contribution in [0.2, 0.25) is 0 Å². The van der Waals surface area contributed by atoms with E-state index < -0.39 is 0 Å². The van der Waals surface area contributed by atoms with Crippen LogP contribution in [0.15, 0.2) is 42.5 Å². The lowest BCUT2D eigenvalue weighted by molar-refractivity contribution is 0.415. The van der Waals surface area contributed by atoms with E-state index in [0.29, 0.717) is 0 Å². The number of rotatable bonds is 4. The number of ether oxygens (including phenoxy) is 2. The van der Waals surface area contributed by atoms with Crippen molar-refractivity contribution in [2.24, 2.45) is 0 Å². The Bertz CT molecular complexity index is 740. The molecule has 3 rings (SSSR count). The standard InChI is InChI=1S/C15H14N2O2S/c1-18-11-5-3-4-10(8-11)16-15-17-13-9-12(19-2)6-7-14(13)20-15/h3-9H,1-2H3,(H,16,17). The zero-order valence-corrected chi connectivity index (χ0v) is 12.0. The normalized spacial score (nSPS) is 10.5. The van der Waals surface area contributed by atoms with Gasteiger partial charge in [0.25, 0.3) is 0 Å². The van der Waals surface area contributed by atoms with Crippen LogP contribution in [0.3, 0.4) is 0 Å². The first-order valence-corrected chi connectivity index (χ1v) is 6.96. The molecule has 0 aliphatic carbocycles. The van der Waals surface area contributed by atoms with Crippen LogP contribution in [0.5, 0.6) is 11.5 Å². The quantitative estimate of drug-likeness (QED) is 0.785. The SMILES string of the molecule is COc1cccc(Nc2nc3cc(OC)ccc3s2)c1. The van der Waals surface area contributed by atoms with Crippen molar-refractivity contribution in [1.29, 1.82) is 0 Å². The molecule has 5 heteroatoms. The van der Waals surface area contributed by atoms with E-state index in [0.717, 1.165) is 32.5 Å². The lowest BCUT2D eigenvalue weighted by Gasteiger charge is -2.04. The van der Waals surface area contributed by atoms with Crippen LogP contribution in [0.4, 0.5) is 10.8 Å². The van der Waals surface area contributed by atoms with Gasteiger partial charge in [0, 0.05) is 17.8 Å². The minimum atomic E-state index is 0.815. The average molecular weight is 286 g/mol. The summed E-state index contributed by atoms with van der Waals surface area (Å²) in [6, 6.07) is 13.7. The molecule has 1 N–H and O–H groups in total. The van der Waals surface area contributed by atoms with E-state index >= 15 is 0 Å². The number of aromatic nitrogens is 1. The van der Waals surface area contributed by atoms with Gasteiger partial charge in [-0.1, -0.05) is 17.4 Å². The van der Waals surface area contributed by atoms with Crippen molar-refractivity contribution in [3.05, 3.63) is 42.5 Å². The molecular formula is C15H14N2O2S. The fourth-order valence-electron chi connectivity index (χ4n) is 1.91. The van der Waals surface area contributed by atoms with Gasteiger partial charge < -0.3 is 14.8 Å². The second-order valence-electron chi connectivity index (χ2n) is 4.21. The van der Waals surface area contributed by atoms with Crippen LogP contribution >= 0.6 is 11.3 Å². The summed E-state index contributed by atoms with van der Waals surface area (Å²) in [6.45, 7) is 0. The van der Waals surface area contributed by atoms with Gasteiger partial charge in [0.15, 0.2) is 5.13 Å². The van der Waals surface area contributed by atoms with E-state index in [-0.39, 0.29) is 0 Å². The number of hydrogen-bond acceptors (Lipinski definition) is 5. The van der Waals surface area contributed by atoms with Crippen molar-refractivity contribution in [2.75, 3.05) is 19.5 Å². The van der Waals surface area contributed by atoms with Gasteiger partial charge in [0.1, 0.15) is 11.5 Å². The molecule has 1 aromatic heterocycles. The van der Waals surface area contributed by atoms with Gasteiger partial charge in [-0.2, -0.15) is 0 Å². The number of thiazole rings is 1. The number of hydrogen-bond donors (Lipinski definition) is 1. The Morgan fingerprint density at radius 1 is 1.00 bits per heavy atom. The third kappa shape index (κ3) is 2.53. The zero-order valence-electron chi connectivity index (χ0n) is 11.2. The van der Waals surface area contributed by atoms with Gasteiger partial charge in [-0.05, 0) is 24.3 Å². The molecule has 0 saturated heterocycles. The number of methoxy groups -OCH3 is 2. The maximum absolute atomic E-state index is 5.21. The van der Waals surface area contributed by atoms with Crippen LogP contribution in [-0.2, 0) is 0 Å². The van der Waals surface area contributed by atoms with Crippen molar-refractivity contribution in [2.45, 2.75) is 0 Å². The van der Waals surface area contributed by atoms with Crippen molar-refractivity contribution in [3.63, 3.8) is 0 Å². The lowest BCUT2D eigenvalue weighted by atomic mass is 10.3. The highest BCUT2D eigenvalue weighted by atomic mass is 32.1. The highest BCUT2D eigenvalue weighted by Gasteiger charge is 2.05. The Balaban J connectivity index is 1.90. The largest absolute Gasteiger partial charge is 0.497 e. The molecule has 0 atom stereocenters. The molecular weight excluding hydrogens is 272 g/mol. The molecule has 0 fully saturated rings. The van der Waals surface area contributed by atoms with Crippen LogP contribution in [0, 0.1) is 0 Å². The molecule has 20 heavy (non-hydrogen) atoms. The molecule has 0 bridgehead atoms. The molecule has 1 heterocycles. The summed E-state index contributed by atoms with van der Waals surface area (Å²) in [6.07, 6.45) is 0. The van der Waals surface area contributed by atoms with Gasteiger partial charge in [-0.15, -0.1) is 0 Å². The maximum atomic E-state index is 5.21. The minimum Gasteiger partial charge on any atom is -0.497 e. The lowest BCUT2D eigenvalue weighted by Crippen LogP contribution is -1.90. The fourth-order valence-corrected chi connectivity index (χ4v) is 2.78. The van der Waals surface area contributed by atoms with Gasteiger partial charge in [-0.25, -0.2) is 4.98 Å². The Kier molecular flexibility index (Phi) is 3.43. The first-order valence-electron chi connectivity index (χ1n) is 6.14. The summed E-state index contributed by atoms with van der Waals surface area (Å²) in [5.74, 6) is 1.63. The molecule has 0 aliphatic heterocycles. The van der Waals surface area contributed by atoms with E-state index in [1.807, 2.05) is 42.5 Å². The third-order valence-corrected chi connectivity index (χ3v) is 3.87. The maximum Gasteiger partial charge on any atom is 0.188 e. The number of fused-ring (bicyclic) bond motifs is 1. The van der Waals surface area contributed by atoms with E-state index in [1.165, 1.54) is 0 Å². The van der Waals surface area contributed by atoms with Crippen molar-refractivity contribution < 1.29 is 9.47 Å². The molecule has 3 aromatic rings. The van der Waals surface area contributed by atoms with Gasteiger partial charge >= 0.3 is 0 Å². The highest BCUT2D eigenvalue weighted by molar-refractivity contribution is 7.22. The second kappa shape index (κ2) is 5.38. The number of anilines is 2. The van der Waals surface area contributed by atoms with Crippen molar-refractivity contribution >= 4 is 32.4 Å². The molecule has 0 amide bonds. The number of nitrogens with one attached hydrogen (secondary N) is 1. The van der Waals surface area contributed by atoms with E-state index in [2.05, 4.69) is 10.3 Å². The molecule has 4 nitrogen and oxygen atoms in total. The minimum absolute atomic E-state index is 0.815. The first-order chi connectivity index (χ1) is 9.78. The monoisotopic (exact) mass is 286 g/mol. The molecule has 102 valence electrons. The zero-order chi connectivity index (χ0) is 13.9. The summed E-state index contributed by atoms with van der Waals surface area (Å²) in [5, 5.41) is 4.14. The van der Waals surface area contributed by atoms with Crippen molar-refractivity contribution in [3.8, 4) is 11.5 Å². The number of nitrogens with zero attached hydrogens (tertiary/aromatic N) is 1. The summed E-state index contributed by atoms with van der Waals surface area (Å²) in [4.78, 5) is 4.56. The first kappa shape index (κ1) is 12.7. The Labute approximate surface area is 121 Å². The molecule has 0 unspecified atom stereocenters. The van der Waals surface area contributed by atoms with E-state index in [1.54, 1.807) is 25.6 Å². The molecule has 2 aromatic carbocycles. The van der Waals surface area contributed by atoms with Gasteiger partial charge in [0.05, 0.1) is 24.4 Å². The van der Waals surface area contributed by atoms with Crippen LogP contribution in [0.25, 0.3) is 10.2 Å². The molecule has 0 aliphatic rings. The van der Waals surface area contributed by atoms with Crippen LogP contribution in [0.1, 0.15) is 0 Å². The van der Waals surface area contributed by atoms with Crippen LogP contribution < -0.4 is 14.8 Å². The predicted molar refractivity (Wildman–Crippen MR) is 82.4 cm³/mol. The Hall–Kier alpha value is -2.27. The molecule has 0 radical (unpaired) electrons. The highest BCUT2D eigenvalue weighted by Crippen LogP contribution is 2.31. The average Bonchev–Trinajstić information content (AvgIpc) is 2.88. The number of benzene rings is 2. The predicted octanol–water partition coefficient (Wildman–Crippen LogP) is 4.06. The fraction of sp³-hybridized carbons (Fsp3) is 0.133. The smallest absolute Gasteiger partial charge is 0.188 e. The summed E-state index contributed by atoms with van der Waals surface area (Å²) < 4.78 is 11.5. The topological polar surface area (TPSA) is 43.4 Å². The van der Waals surface area contributed by atoms with E-state index in [4.69, 9.17) is 9.47 Å². The van der Waals surface area contributed by atoms with Crippen molar-refractivity contribution in [1.82, 2.24) is 4.98 Å². The Morgan fingerprint density at radius 2 is 1.80 bits per heavy atom. The third-order valence-electron chi connectivity index (χ3n) is 2.92. The van der Waals surface area contributed by atoms with Crippen LogP contribution in [-0.4, -0.2) is 19.2 Å². The van der Waals surface area contributed by atoms with Gasteiger partial charge in [0.2, 0.25) is 0 Å². The second-order valence-corrected chi connectivity index (χ2v) is 5.24. The summed E-state index contributed by atoms with van der Waals surface area (Å²) in [7, 11) is 3.31. The molecule has 0 spiro atoms.